The average molecular weight is 264 g/mol. The second kappa shape index (κ2) is 6.43. The first-order valence-electron chi connectivity index (χ1n) is 6.54. The van der Waals surface area contributed by atoms with E-state index in [1.165, 1.54) is 0 Å². The summed E-state index contributed by atoms with van der Waals surface area (Å²) < 4.78 is 11.2. The molecule has 0 radical (unpaired) electrons. The van der Waals surface area contributed by atoms with Gasteiger partial charge in [-0.15, -0.1) is 0 Å². The van der Waals surface area contributed by atoms with Crippen LogP contribution >= 0.6 is 0 Å². The topological polar surface area (TPSA) is 59.6 Å². The van der Waals surface area contributed by atoms with Crippen LogP contribution in [0.1, 0.15) is 18.9 Å². The summed E-state index contributed by atoms with van der Waals surface area (Å²) in [6, 6.07) is 5.64. The lowest BCUT2D eigenvalue weighted by atomic mass is 10.2. The highest BCUT2D eigenvalue weighted by Crippen LogP contribution is 2.30. The van der Waals surface area contributed by atoms with E-state index in [-0.39, 0.29) is 11.9 Å². The summed E-state index contributed by atoms with van der Waals surface area (Å²) in [4.78, 5) is 11.4. The Balaban J connectivity index is 1.98. The summed E-state index contributed by atoms with van der Waals surface area (Å²) in [5.74, 6) is 1.55. The predicted molar refractivity (Wildman–Crippen MR) is 72.4 cm³/mol. The van der Waals surface area contributed by atoms with Gasteiger partial charge in [0.15, 0.2) is 11.5 Å². The van der Waals surface area contributed by atoms with Crippen LogP contribution in [0, 0.1) is 0 Å². The number of nitrogens with one attached hydrogen (secondary N) is 2. The van der Waals surface area contributed by atoms with Crippen molar-refractivity contribution in [1.29, 1.82) is 0 Å². The molecule has 0 saturated heterocycles. The second-order valence-corrected chi connectivity index (χ2v) is 4.55. The molecule has 1 unspecified atom stereocenters. The molecule has 2 N–H and O–H groups in total. The first-order chi connectivity index (χ1) is 9.20. The van der Waals surface area contributed by atoms with Gasteiger partial charge in [0.1, 0.15) is 0 Å². The van der Waals surface area contributed by atoms with Crippen LogP contribution in [0.4, 0.5) is 0 Å². The van der Waals surface area contributed by atoms with Crippen LogP contribution in [0.25, 0.3) is 0 Å². The van der Waals surface area contributed by atoms with Crippen LogP contribution in [-0.4, -0.2) is 32.2 Å². The zero-order chi connectivity index (χ0) is 13.7. The molecule has 1 aromatic carbocycles. The van der Waals surface area contributed by atoms with E-state index in [0.717, 1.165) is 23.5 Å². The van der Waals surface area contributed by atoms with E-state index < -0.39 is 0 Å². The zero-order valence-electron chi connectivity index (χ0n) is 11.4. The van der Waals surface area contributed by atoms with E-state index in [1.54, 1.807) is 7.05 Å². The van der Waals surface area contributed by atoms with Crippen LogP contribution in [0.15, 0.2) is 18.2 Å². The molecule has 0 fully saturated rings. The van der Waals surface area contributed by atoms with Gasteiger partial charge in [-0.1, -0.05) is 6.07 Å². The van der Waals surface area contributed by atoms with Crippen molar-refractivity contribution in [2.45, 2.75) is 25.9 Å². The number of rotatable bonds is 4. The highest BCUT2D eigenvalue weighted by Gasteiger charge is 2.12. The third kappa shape index (κ3) is 3.61. The summed E-state index contributed by atoms with van der Waals surface area (Å²) in [6.45, 7) is 3.82. The van der Waals surface area contributed by atoms with Gasteiger partial charge in [0.2, 0.25) is 5.91 Å². The van der Waals surface area contributed by atoms with Crippen molar-refractivity contribution in [2.24, 2.45) is 0 Å². The van der Waals surface area contributed by atoms with Crippen LogP contribution in [0.2, 0.25) is 0 Å². The molecule has 1 amide bonds. The summed E-state index contributed by atoms with van der Waals surface area (Å²) in [5, 5.41) is 5.78. The van der Waals surface area contributed by atoms with E-state index in [9.17, 15) is 4.79 Å². The van der Waals surface area contributed by atoms with Gasteiger partial charge in [-0.25, -0.2) is 0 Å². The standard InChI is InChI=1S/C14H20N2O3/c1-10(14(17)15-2)16-9-11-4-5-12-13(8-11)19-7-3-6-18-12/h4-5,8,10,16H,3,6-7,9H2,1-2H3,(H,15,17). The SMILES string of the molecule is CNC(=O)C(C)NCc1ccc2c(c1)OCCCO2. The number of hydrogen-bond acceptors (Lipinski definition) is 4. The lowest BCUT2D eigenvalue weighted by Crippen LogP contribution is -2.40. The lowest BCUT2D eigenvalue weighted by molar-refractivity contribution is -0.122. The molecule has 0 spiro atoms. The molecule has 19 heavy (non-hydrogen) atoms. The van der Waals surface area contributed by atoms with E-state index in [1.807, 2.05) is 25.1 Å². The second-order valence-electron chi connectivity index (χ2n) is 4.55. The minimum absolute atomic E-state index is 0.0191. The molecule has 0 saturated carbocycles. The van der Waals surface area contributed by atoms with Gasteiger partial charge in [0.25, 0.3) is 0 Å². The molecular weight excluding hydrogens is 244 g/mol. The van der Waals surface area contributed by atoms with Crippen LogP contribution in [-0.2, 0) is 11.3 Å². The average Bonchev–Trinajstić information content (AvgIpc) is 2.68. The third-order valence-electron chi connectivity index (χ3n) is 3.06. The van der Waals surface area contributed by atoms with Crippen molar-refractivity contribution >= 4 is 5.91 Å². The molecule has 1 aromatic rings. The maximum Gasteiger partial charge on any atom is 0.236 e. The maximum absolute atomic E-state index is 11.4. The number of ether oxygens (including phenoxy) is 2. The number of hydrogen-bond donors (Lipinski definition) is 2. The van der Waals surface area contributed by atoms with E-state index in [0.29, 0.717) is 19.8 Å². The van der Waals surface area contributed by atoms with Crippen molar-refractivity contribution < 1.29 is 14.3 Å². The van der Waals surface area contributed by atoms with Crippen molar-refractivity contribution in [2.75, 3.05) is 20.3 Å². The van der Waals surface area contributed by atoms with Crippen molar-refractivity contribution in [3.8, 4) is 11.5 Å². The van der Waals surface area contributed by atoms with Gasteiger partial charge in [-0.2, -0.15) is 0 Å². The Morgan fingerprint density at radius 3 is 2.79 bits per heavy atom. The summed E-state index contributed by atoms with van der Waals surface area (Å²) in [5.41, 5.74) is 1.07. The van der Waals surface area contributed by atoms with E-state index in [4.69, 9.17) is 9.47 Å². The molecule has 0 aromatic heterocycles. The van der Waals surface area contributed by atoms with Gasteiger partial charge < -0.3 is 20.1 Å². The van der Waals surface area contributed by atoms with Crippen LogP contribution in [0.5, 0.6) is 11.5 Å². The molecule has 5 heteroatoms. The quantitative estimate of drug-likeness (QED) is 0.854. The fourth-order valence-electron chi connectivity index (χ4n) is 1.90. The number of carbonyl (C=O) groups excluding carboxylic acids is 1. The molecule has 1 atom stereocenters. The summed E-state index contributed by atoms with van der Waals surface area (Å²) in [6.07, 6.45) is 0.899. The molecule has 0 aliphatic carbocycles. The van der Waals surface area contributed by atoms with Gasteiger partial charge in [-0.3, -0.25) is 4.79 Å². The van der Waals surface area contributed by atoms with Crippen LogP contribution < -0.4 is 20.1 Å². The van der Waals surface area contributed by atoms with Crippen LogP contribution in [0.3, 0.4) is 0 Å². The number of amides is 1. The Morgan fingerprint density at radius 1 is 1.32 bits per heavy atom. The normalized spacial score (nSPS) is 15.5. The molecule has 1 aliphatic rings. The number of likely N-dealkylation sites (N-methyl/N-ethyl adjacent to an activating group) is 1. The zero-order valence-corrected chi connectivity index (χ0v) is 11.4. The van der Waals surface area contributed by atoms with Gasteiger partial charge in [0.05, 0.1) is 19.3 Å². The maximum atomic E-state index is 11.4. The lowest BCUT2D eigenvalue weighted by Gasteiger charge is -2.13. The fraction of sp³-hybridized carbons (Fsp3) is 0.500. The monoisotopic (exact) mass is 264 g/mol. The van der Waals surface area contributed by atoms with Gasteiger partial charge in [-0.05, 0) is 24.6 Å². The molecule has 0 bridgehead atoms. The van der Waals surface area contributed by atoms with Crippen molar-refractivity contribution in [3.63, 3.8) is 0 Å². The van der Waals surface area contributed by atoms with Crippen molar-refractivity contribution in [1.82, 2.24) is 10.6 Å². The highest BCUT2D eigenvalue weighted by atomic mass is 16.5. The van der Waals surface area contributed by atoms with E-state index in [2.05, 4.69) is 10.6 Å². The minimum Gasteiger partial charge on any atom is -0.490 e. The molecule has 2 rings (SSSR count). The smallest absolute Gasteiger partial charge is 0.236 e. The van der Waals surface area contributed by atoms with Gasteiger partial charge >= 0.3 is 0 Å². The Morgan fingerprint density at radius 2 is 2.05 bits per heavy atom. The Hall–Kier alpha value is -1.75. The first-order valence-corrected chi connectivity index (χ1v) is 6.54. The Bertz CT molecular complexity index is 448. The molecule has 1 aliphatic heterocycles. The molecular formula is C14H20N2O3. The fourth-order valence-corrected chi connectivity index (χ4v) is 1.90. The predicted octanol–water partition coefficient (Wildman–Crippen LogP) is 1.07. The molecule has 104 valence electrons. The first kappa shape index (κ1) is 13.7. The number of benzene rings is 1. The number of carbonyl (C=O) groups is 1. The molecule has 5 nitrogen and oxygen atoms in total. The number of fused-ring (bicyclic) bond motifs is 1. The third-order valence-corrected chi connectivity index (χ3v) is 3.06. The van der Waals surface area contributed by atoms with E-state index >= 15 is 0 Å². The Kier molecular flexibility index (Phi) is 4.63. The minimum atomic E-state index is -0.221. The summed E-state index contributed by atoms with van der Waals surface area (Å²) >= 11 is 0. The Labute approximate surface area is 113 Å². The highest BCUT2D eigenvalue weighted by molar-refractivity contribution is 5.80. The summed E-state index contributed by atoms with van der Waals surface area (Å²) in [7, 11) is 1.63. The van der Waals surface area contributed by atoms with Gasteiger partial charge in [0, 0.05) is 20.0 Å². The van der Waals surface area contributed by atoms with Crippen molar-refractivity contribution in [3.05, 3.63) is 23.8 Å². The largest absolute Gasteiger partial charge is 0.490 e. The molecule has 1 heterocycles.